The van der Waals surface area contributed by atoms with Crippen molar-refractivity contribution in [1.29, 1.82) is 0 Å². The number of unbranched alkanes of at least 4 members (excludes halogenated alkanes) is 1. The Hall–Kier alpha value is -4.61. The molecule has 0 amide bonds. The molecule has 0 saturated carbocycles. The molecule has 0 spiro atoms. The SMILES string of the molecule is CCCCc1ccc(COc2ccc(Sc3cccc4c3C(=O)c3cccc(Nc5ccc(C(C)(C)C)cc5)c3C4=O)cc2)cc1. The van der Waals surface area contributed by atoms with Crippen molar-refractivity contribution in [2.75, 3.05) is 5.32 Å². The number of ketones is 2. The average Bonchev–Trinajstić information content (AvgIpc) is 3.06. The Morgan fingerprint density at radius 2 is 1.33 bits per heavy atom. The number of carbonyl (C=O) groups excluding carboxylic acids is 2. The smallest absolute Gasteiger partial charge is 0.196 e. The lowest BCUT2D eigenvalue weighted by atomic mass is 9.83. The van der Waals surface area contributed by atoms with Gasteiger partial charge in [-0.15, -0.1) is 0 Å². The molecule has 0 aliphatic heterocycles. The minimum absolute atomic E-state index is 0.0445. The Labute approximate surface area is 276 Å². The molecule has 0 fully saturated rings. The van der Waals surface area contributed by atoms with Crippen LogP contribution in [0, 0.1) is 0 Å². The van der Waals surface area contributed by atoms with Gasteiger partial charge >= 0.3 is 0 Å². The molecular weight excluding hydrogens is 587 g/mol. The van der Waals surface area contributed by atoms with Gasteiger partial charge in [0.1, 0.15) is 12.4 Å². The second-order valence-electron chi connectivity index (χ2n) is 12.8. The first kappa shape index (κ1) is 31.4. The van der Waals surface area contributed by atoms with Crippen molar-refractivity contribution in [3.63, 3.8) is 0 Å². The lowest BCUT2D eigenvalue weighted by molar-refractivity contribution is 0.0977. The lowest BCUT2D eigenvalue weighted by Crippen LogP contribution is -2.23. The molecule has 0 radical (unpaired) electrons. The zero-order chi connectivity index (χ0) is 32.3. The third kappa shape index (κ3) is 6.80. The predicted molar refractivity (Wildman–Crippen MR) is 188 cm³/mol. The van der Waals surface area contributed by atoms with Gasteiger partial charge in [0.25, 0.3) is 0 Å². The number of aryl methyl sites for hydroxylation is 1. The normalized spacial score (nSPS) is 12.4. The van der Waals surface area contributed by atoms with Gasteiger partial charge in [0.15, 0.2) is 11.6 Å². The van der Waals surface area contributed by atoms with Crippen molar-refractivity contribution in [2.45, 2.75) is 68.8 Å². The molecule has 0 saturated heterocycles. The summed E-state index contributed by atoms with van der Waals surface area (Å²) in [4.78, 5) is 29.6. The van der Waals surface area contributed by atoms with Gasteiger partial charge in [0.2, 0.25) is 0 Å². The zero-order valence-electron chi connectivity index (χ0n) is 26.9. The molecule has 1 N–H and O–H groups in total. The fourth-order valence-electron chi connectivity index (χ4n) is 5.69. The molecule has 4 nitrogen and oxygen atoms in total. The fraction of sp³-hybridized carbons (Fsp3) is 0.220. The summed E-state index contributed by atoms with van der Waals surface area (Å²) >= 11 is 1.48. The quantitative estimate of drug-likeness (QED) is 0.164. The van der Waals surface area contributed by atoms with Gasteiger partial charge in [-0.3, -0.25) is 9.59 Å². The van der Waals surface area contributed by atoms with Gasteiger partial charge in [-0.1, -0.05) is 107 Å². The largest absolute Gasteiger partial charge is 0.489 e. The van der Waals surface area contributed by atoms with Crippen molar-refractivity contribution in [3.8, 4) is 5.75 Å². The predicted octanol–water partition coefficient (Wildman–Crippen LogP) is 10.6. The van der Waals surface area contributed by atoms with E-state index in [9.17, 15) is 9.59 Å². The summed E-state index contributed by atoms with van der Waals surface area (Å²) < 4.78 is 6.04. The van der Waals surface area contributed by atoms with Crippen LogP contribution in [0.5, 0.6) is 5.75 Å². The number of fused-ring (bicyclic) bond motifs is 2. The van der Waals surface area contributed by atoms with Gasteiger partial charge in [-0.2, -0.15) is 0 Å². The molecule has 6 rings (SSSR count). The molecule has 232 valence electrons. The Bertz CT molecular complexity index is 1870. The molecule has 0 heterocycles. The van der Waals surface area contributed by atoms with E-state index in [2.05, 4.69) is 69.4 Å². The maximum Gasteiger partial charge on any atom is 0.196 e. The van der Waals surface area contributed by atoms with Crippen molar-refractivity contribution in [1.82, 2.24) is 0 Å². The van der Waals surface area contributed by atoms with E-state index < -0.39 is 0 Å². The lowest BCUT2D eigenvalue weighted by Gasteiger charge is -2.23. The van der Waals surface area contributed by atoms with E-state index in [-0.39, 0.29) is 17.0 Å². The highest BCUT2D eigenvalue weighted by Gasteiger charge is 2.33. The summed E-state index contributed by atoms with van der Waals surface area (Å²) in [7, 11) is 0. The molecule has 0 aromatic heterocycles. The Kier molecular flexibility index (Phi) is 9.14. The van der Waals surface area contributed by atoms with E-state index in [0.29, 0.717) is 34.5 Å². The number of hydrogen-bond acceptors (Lipinski definition) is 5. The number of anilines is 2. The van der Waals surface area contributed by atoms with E-state index in [4.69, 9.17) is 4.74 Å². The number of benzene rings is 5. The second-order valence-corrected chi connectivity index (χ2v) is 13.9. The summed E-state index contributed by atoms with van der Waals surface area (Å²) in [5.41, 5.74) is 6.98. The Morgan fingerprint density at radius 1 is 0.696 bits per heavy atom. The minimum Gasteiger partial charge on any atom is -0.489 e. The summed E-state index contributed by atoms with van der Waals surface area (Å²) in [6.45, 7) is 9.24. The standard InChI is InChI=1S/C41H39NO3S/c1-5-6-9-27-14-16-28(17-15-27)26-45-31-22-24-32(25-23-31)46-36-13-8-11-34-38(36)40(44)33-10-7-12-35(37(33)39(34)43)42-30-20-18-29(19-21-30)41(2,3)4/h7-8,10-25,42H,5-6,9,26H2,1-4H3. The highest BCUT2D eigenvalue weighted by atomic mass is 32.2. The first-order valence-electron chi connectivity index (χ1n) is 15.9. The number of hydrogen-bond donors (Lipinski definition) is 1. The van der Waals surface area contributed by atoms with Crippen LogP contribution in [-0.4, -0.2) is 11.6 Å². The summed E-state index contributed by atoms with van der Waals surface area (Å²) in [6.07, 6.45) is 3.51. The molecule has 5 aromatic rings. The summed E-state index contributed by atoms with van der Waals surface area (Å²) in [5, 5.41) is 3.39. The fourth-order valence-corrected chi connectivity index (χ4v) is 6.67. The van der Waals surface area contributed by atoms with Crippen LogP contribution in [0.25, 0.3) is 0 Å². The van der Waals surface area contributed by atoms with Crippen molar-refractivity contribution in [2.24, 2.45) is 0 Å². The maximum atomic E-state index is 14.0. The van der Waals surface area contributed by atoms with Crippen LogP contribution in [-0.2, 0) is 18.4 Å². The molecule has 0 atom stereocenters. The molecule has 5 aromatic carbocycles. The molecular formula is C41H39NO3S. The number of carbonyl (C=O) groups is 2. The van der Waals surface area contributed by atoms with E-state index in [1.807, 2.05) is 60.7 Å². The minimum atomic E-state index is -0.149. The van der Waals surface area contributed by atoms with Crippen LogP contribution in [0.4, 0.5) is 11.4 Å². The maximum absolute atomic E-state index is 14.0. The van der Waals surface area contributed by atoms with Crippen LogP contribution in [0.3, 0.4) is 0 Å². The zero-order valence-corrected chi connectivity index (χ0v) is 27.7. The number of nitrogens with one attached hydrogen (secondary N) is 1. The average molecular weight is 626 g/mol. The van der Waals surface area contributed by atoms with E-state index >= 15 is 0 Å². The first-order valence-corrected chi connectivity index (χ1v) is 16.7. The van der Waals surface area contributed by atoms with E-state index in [0.717, 1.165) is 33.2 Å². The van der Waals surface area contributed by atoms with Crippen LogP contribution in [0.2, 0.25) is 0 Å². The van der Waals surface area contributed by atoms with Gasteiger partial charge in [-0.05, 0) is 83.5 Å². The van der Waals surface area contributed by atoms with Gasteiger partial charge in [-0.25, -0.2) is 0 Å². The molecule has 46 heavy (non-hydrogen) atoms. The topological polar surface area (TPSA) is 55.4 Å². The highest BCUT2D eigenvalue weighted by molar-refractivity contribution is 7.99. The summed E-state index contributed by atoms with van der Waals surface area (Å²) in [5.74, 6) is 0.492. The molecule has 0 unspecified atom stereocenters. The monoisotopic (exact) mass is 625 g/mol. The second kappa shape index (κ2) is 13.4. The molecule has 1 aliphatic carbocycles. The Balaban J connectivity index is 1.17. The number of rotatable bonds is 10. The third-order valence-electron chi connectivity index (χ3n) is 8.36. The highest BCUT2D eigenvalue weighted by Crippen LogP contribution is 2.40. The van der Waals surface area contributed by atoms with Crippen LogP contribution >= 0.6 is 11.8 Å². The van der Waals surface area contributed by atoms with Crippen molar-refractivity contribution in [3.05, 3.63) is 148 Å². The third-order valence-corrected chi connectivity index (χ3v) is 9.43. The van der Waals surface area contributed by atoms with E-state index in [1.165, 1.54) is 35.7 Å². The molecule has 1 aliphatic rings. The van der Waals surface area contributed by atoms with Crippen LogP contribution in [0.15, 0.2) is 119 Å². The van der Waals surface area contributed by atoms with Crippen LogP contribution in [0.1, 0.15) is 89.1 Å². The van der Waals surface area contributed by atoms with E-state index in [1.54, 1.807) is 12.1 Å². The number of ether oxygens (including phenoxy) is 1. The van der Waals surface area contributed by atoms with Gasteiger partial charge in [0, 0.05) is 32.2 Å². The van der Waals surface area contributed by atoms with Crippen LogP contribution < -0.4 is 10.1 Å². The van der Waals surface area contributed by atoms with Gasteiger partial charge < -0.3 is 10.1 Å². The van der Waals surface area contributed by atoms with Gasteiger partial charge in [0.05, 0.1) is 11.3 Å². The Morgan fingerprint density at radius 3 is 2.00 bits per heavy atom. The van der Waals surface area contributed by atoms with Crippen molar-refractivity contribution < 1.29 is 14.3 Å². The molecule has 0 bridgehead atoms. The molecule has 5 heteroatoms. The first-order chi connectivity index (χ1) is 22.2. The van der Waals surface area contributed by atoms with Crippen molar-refractivity contribution >= 4 is 34.7 Å². The summed E-state index contributed by atoms with van der Waals surface area (Å²) in [6, 6.07) is 35.7.